The summed E-state index contributed by atoms with van der Waals surface area (Å²) in [6, 6.07) is 13.1. The van der Waals surface area contributed by atoms with Crippen LogP contribution in [0.5, 0.6) is 0 Å². The van der Waals surface area contributed by atoms with Crippen molar-refractivity contribution in [3.05, 3.63) is 66.0 Å². The van der Waals surface area contributed by atoms with Gasteiger partial charge < -0.3 is 15.5 Å². The molecule has 0 spiro atoms. The quantitative estimate of drug-likeness (QED) is 0.878. The lowest BCUT2D eigenvalue weighted by atomic mass is 10.1. The Morgan fingerprint density at radius 3 is 2.50 bits per heavy atom. The maximum atomic E-state index is 13.1. The van der Waals surface area contributed by atoms with Crippen LogP contribution in [0.25, 0.3) is 0 Å². The first-order valence-corrected chi connectivity index (χ1v) is 8.24. The van der Waals surface area contributed by atoms with E-state index in [1.54, 1.807) is 24.3 Å². The first-order valence-electron chi connectivity index (χ1n) is 8.24. The van der Waals surface area contributed by atoms with Crippen LogP contribution < -0.4 is 10.6 Å². The van der Waals surface area contributed by atoms with Crippen LogP contribution in [0.2, 0.25) is 0 Å². The molecule has 1 heterocycles. The molecule has 26 heavy (non-hydrogen) atoms. The van der Waals surface area contributed by atoms with Gasteiger partial charge in [0.1, 0.15) is 11.9 Å². The Labute approximate surface area is 150 Å². The van der Waals surface area contributed by atoms with Gasteiger partial charge in [0.05, 0.1) is 6.42 Å². The van der Waals surface area contributed by atoms with Crippen LogP contribution in [0.3, 0.4) is 0 Å². The Morgan fingerprint density at radius 1 is 1.12 bits per heavy atom. The number of benzene rings is 2. The molecule has 3 rings (SSSR count). The lowest BCUT2D eigenvalue weighted by Crippen LogP contribution is -2.58. The molecule has 0 aromatic heterocycles. The Kier molecular flexibility index (Phi) is 5.26. The average molecular weight is 355 g/mol. The van der Waals surface area contributed by atoms with Gasteiger partial charge in [-0.3, -0.25) is 14.4 Å². The summed E-state index contributed by atoms with van der Waals surface area (Å²) in [6.07, 6.45) is -0.159. The molecular weight excluding hydrogens is 337 g/mol. The van der Waals surface area contributed by atoms with E-state index in [0.29, 0.717) is 12.2 Å². The minimum Gasteiger partial charge on any atom is -0.353 e. The van der Waals surface area contributed by atoms with E-state index in [1.165, 1.54) is 29.2 Å². The fourth-order valence-corrected chi connectivity index (χ4v) is 2.83. The Bertz CT molecular complexity index is 809. The predicted molar refractivity (Wildman–Crippen MR) is 93.9 cm³/mol. The van der Waals surface area contributed by atoms with Crippen LogP contribution >= 0.6 is 0 Å². The standard InChI is InChI=1S/C19H18FN3O3/c20-14-8-6-13(7-9-14)19(26)23-11-10-21-18(25)16(23)12-17(24)22-15-4-2-1-3-5-15/h1-9,16H,10-12H2,(H,21,25)(H,22,24). The molecule has 2 N–H and O–H groups in total. The van der Waals surface area contributed by atoms with E-state index in [-0.39, 0.29) is 30.3 Å². The van der Waals surface area contributed by atoms with Gasteiger partial charge in [-0.15, -0.1) is 0 Å². The van der Waals surface area contributed by atoms with Crippen molar-refractivity contribution in [2.24, 2.45) is 0 Å². The molecule has 3 amide bonds. The summed E-state index contributed by atoms with van der Waals surface area (Å²) in [5.41, 5.74) is 0.889. The van der Waals surface area contributed by atoms with E-state index in [0.717, 1.165) is 0 Å². The van der Waals surface area contributed by atoms with E-state index >= 15 is 0 Å². The molecule has 1 fully saturated rings. The van der Waals surface area contributed by atoms with E-state index in [1.807, 2.05) is 6.07 Å². The molecule has 1 atom stereocenters. The summed E-state index contributed by atoms with van der Waals surface area (Å²) in [7, 11) is 0. The minimum absolute atomic E-state index is 0.159. The summed E-state index contributed by atoms with van der Waals surface area (Å²) >= 11 is 0. The van der Waals surface area contributed by atoms with Crippen molar-refractivity contribution in [2.75, 3.05) is 18.4 Å². The number of hydrogen-bond donors (Lipinski definition) is 2. The van der Waals surface area contributed by atoms with E-state index in [4.69, 9.17) is 0 Å². The molecule has 134 valence electrons. The maximum Gasteiger partial charge on any atom is 0.254 e. The number of para-hydroxylation sites is 1. The highest BCUT2D eigenvalue weighted by molar-refractivity contribution is 6.01. The fraction of sp³-hybridized carbons (Fsp3) is 0.211. The molecule has 0 aliphatic carbocycles. The van der Waals surface area contributed by atoms with Gasteiger partial charge >= 0.3 is 0 Å². The Hall–Kier alpha value is -3.22. The number of nitrogens with zero attached hydrogens (tertiary/aromatic N) is 1. The second-order valence-electron chi connectivity index (χ2n) is 5.93. The van der Waals surface area contributed by atoms with Crippen LogP contribution in [0.4, 0.5) is 10.1 Å². The van der Waals surface area contributed by atoms with Crippen molar-refractivity contribution in [3.8, 4) is 0 Å². The third-order valence-electron chi connectivity index (χ3n) is 4.12. The number of carbonyl (C=O) groups is 3. The van der Waals surface area contributed by atoms with Crippen molar-refractivity contribution in [1.29, 1.82) is 0 Å². The van der Waals surface area contributed by atoms with Crippen molar-refractivity contribution >= 4 is 23.4 Å². The van der Waals surface area contributed by atoms with Gasteiger partial charge in [0.15, 0.2) is 0 Å². The normalized spacial score (nSPS) is 16.7. The van der Waals surface area contributed by atoms with Crippen molar-refractivity contribution in [2.45, 2.75) is 12.5 Å². The van der Waals surface area contributed by atoms with Gasteiger partial charge in [-0.2, -0.15) is 0 Å². The zero-order valence-electron chi connectivity index (χ0n) is 13.9. The summed E-state index contributed by atoms with van der Waals surface area (Å²) < 4.78 is 13.1. The number of halogens is 1. The number of anilines is 1. The van der Waals surface area contributed by atoms with Gasteiger partial charge in [-0.1, -0.05) is 18.2 Å². The first kappa shape index (κ1) is 17.6. The molecule has 1 aliphatic heterocycles. The van der Waals surface area contributed by atoms with Crippen molar-refractivity contribution in [3.63, 3.8) is 0 Å². The molecule has 2 aromatic rings. The molecular formula is C19H18FN3O3. The topological polar surface area (TPSA) is 78.5 Å². The average Bonchev–Trinajstić information content (AvgIpc) is 2.64. The van der Waals surface area contributed by atoms with E-state index in [2.05, 4.69) is 10.6 Å². The number of rotatable bonds is 4. The van der Waals surface area contributed by atoms with Crippen LogP contribution in [-0.2, 0) is 9.59 Å². The second kappa shape index (κ2) is 7.77. The number of nitrogens with one attached hydrogen (secondary N) is 2. The molecule has 6 nitrogen and oxygen atoms in total. The number of hydrogen-bond acceptors (Lipinski definition) is 3. The third-order valence-corrected chi connectivity index (χ3v) is 4.12. The monoisotopic (exact) mass is 355 g/mol. The van der Waals surface area contributed by atoms with Gasteiger partial charge in [0, 0.05) is 24.3 Å². The number of carbonyl (C=O) groups excluding carboxylic acids is 3. The van der Waals surface area contributed by atoms with Crippen molar-refractivity contribution < 1.29 is 18.8 Å². The van der Waals surface area contributed by atoms with Crippen molar-refractivity contribution in [1.82, 2.24) is 10.2 Å². The van der Waals surface area contributed by atoms with Crippen LogP contribution in [0.15, 0.2) is 54.6 Å². The third kappa shape index (κ3) is 4.05. The zero-order chi connectivity index (χ0) is 18.5. The molecule has 7 heteroatoms. The molecule has 0 saturated carbocycles. The second-order valence-corrected chi connectivity index (χ2v) is 5.93. The molecule has 0 radical (unpaired) electrons. The highest BCUT2D eigenvalue weighted by Gasteiger charge is 2.35. The minimum atomic E-state index is -0.912. The highest BCUT2D eigenvalue weighted by Crippen LogP contribution is 2.16. The van der Waals surface area contributed by atoms with E-state index < -0.39 is 17.8 Å². The molecule has 0 bridgehead atoms. The van der Waals surface area contributed by atoms with Gasteiger partial charge in [-0.05, 0) is 36.4 Å². The number of piperazine rings is 1. The van der Waals surface area contributed by atoms with Crippen LogP contribution in [0, 0.1) is 5.82 Å². The number of amides is 3. The van der Waals surface area contributed by atoms with E-state index in [9.17, 15) is 18.8 Å². The van der Waals surface area contributed by atoms with Crippen LogP contribution in [-0.4, -0.2) is 41.8 Å². The lowest BCUT2D eigenvalue weighted by molar-refractivity contribution is -0.131. The molecule has 2 aromatic carbocycles. The van der Waals surface area contributed by atoms with Crippen LogP contribution in [0.1, 0.15) is 16.8 Å². The fourth-order valence-electron chi connectivity index (χ4n) is 2.83. The van der Waals surface area contributed by atoms with Gasteiger partial charge in [-0.25, -0.2) is 4.39 Å². The SMILES string of the molecule is O=C(CC1C(=O)NCCN1C(=O)c1ccc(F)cc1)Nc1ccccc1. The summed E-state index contributed by atoms with van der Waals surface area (Å²) in [6.45, 7) is 0.591. The lowest BCUT2D eigenvalue weighted by Gasteiger charge is -2.34. The summed E-state index contributed by atoms with van der Waals surface area (Å²) in [4.78, 5) is 38.6. The summed E-state index contributed by atoms with van der Waals surface area (Å²) in [5.74, 6) is -1.60. The molecule has 1 unspecified atom stereocenters. The molecule has 1 saturated heterocycles. The largest absolute Gasteiger partial charge is 0.353 e. The Morgan fingerprint density at radius 2 is 1.81 bits per heavy atom. The zero-order valence-corrected chi connectivity index (χ0v) is 13.9. The summed E-state index contributed by atoms with van der Waals surface area (Å²) in [5, 5.41) is 5.38. The Balaban J connectivity index is 1.73. The van der Waals surface area contributed by atoms with Gasteiger partial charge in [0.25, 0.3) is 5.91 Å². The molecule has 1 aliphatic rings. The highest BCUT2D eigenvalue weighted by atomic mass is 19.1. The van der Waals surface area contributed by atoms with Gasteiger partial charge in [0.2, 0.25) is 11.8 Å². The predicted octanol–water partition coefficient (Wildman–Crippen LogP) is 1.80. The first-order chi connectivity index (χ1) is 12.5. The maximum absolute atomic E-state index is 13.1. The smallest absolute Gasteiger partial charge is 0.254 e.